The van der Waals surface area contributed by atoms with E-state index < -0.39 is 0 Å². The van der Waals surface area contributed by atoms with Gasteiger partial charge in [0.2, 0.25) is 0 Å². The molecule has 0 fully saturated rings. The Labute approximate surface area is 88.5 Å². The Morgan fingerprint density at radius 1 is 1.15 bits per heavy atom. The van der Waals surface area contributed by atoms with Crippen molar-refractivity contribution in [2.75, 3.05) is 0 Å². The first-order valence-electron chi connectivity index (χ1n) is 4.05. The van der Waals surface area contributed by atoms with Crippen LogP contribution in [0.5, 0.6) is 11.5 Å². The van der Waals surface area contributed by atoms with Crippen molar-refractivity contribution >= 4 is 0 Å². The van der Waals surface area contributed by atoms with Gasteiger partial charge in [-0.1, -0.05) is 24.1 Å². The van der Waals surface area contributed by atoms with Crippen molar-refractivity contribution in [3.05, 3.63) is 22.8 Å². The molecule has 2 nitrogen and oxygen atoms in total. The molecule has 0 saturated heterocycles. The third-order valence-corrected chi connectivity index (χ3v) is 2.16. The first-order chi connectivity index (χ1) is 5.57. The standard InChI is InChI=1S/C10H14O2.Ni/c1-4-8-5-6(2)9(11)10(12)7(8)3;/h5,11-12H,4H2,1-3H3;/q;+2/p-2. The maximum absolute atomic E-state index is 11.3. The van der Waals surface area contributed by atoms with Crippen LogP contribution in [0.2, 0.25) is 0 Å². The quantitative estimate of drug-likeness (QED) is 0.666. The Kier molecular flexibility index (Phi) is 4.28. The average molecular weight is 223 g/mol. The fraction of sp³-hybridized carbons (Fsp3) is 0.400. The van der Waals surface area contributed by atoms with E-state index in [1.165, 1.54) is 0 Å². The normalized spacial score (nSPS) is 9.46. The van der Waals surface area contributed by atoms with Crippen molar-refractivity contribution in [1.29, 1.82) is 0 Å². The molecule has 0 aliphatic carbocycles. The first kappa shape index (κ1) is 12.3. The fourth-order valence-electron chi connectivity index (χ4n) is 1.30. The van der Waals surface area contributed by atoms with Gasteiger partial charge in [0.05, 0.1) is 0 Å². The summed E-state index contributed by atoms with van der Waals surface area (Å²) in [7, 11) is 0. The maximum atomic E-state index is 11.3. The SMILES string of the molecule is CCc1cc(C)c([O-])c([O-])c1C.[Ni+2]. The minimum atomic E-state index is -0.357. The van der Waals surface area contributed by atoms with Crippen molar-refractivity contribution in [1.82, 2.24) is 0 Å². The van der Waals surface area contributed by atoms with Crippen LogP contribution in [0.15, 0.2) is 6.07 Å². The van der Waals surface area contributed by atoms with Crippen LogP contribution in [0.1, 0.15) is 23.6 Å². The summed E-state index contributed by atoms with van der Waals surface area (Å²) < 4.78 is 0. The van der Waals surface area contributed by atoms with E-state index in [4.69, 9.17) is 0 Å². The van der Waals surface area contributed by atoms with Crippen LogP contribution >= 0.6 is 0 Å². The van der Waals surface area contributed by atoms with E-state index in [0.717, 1.165) is 12.0 Å². The Hall–Kier alpha value is -0.686. The Bertz CT molecular complexity index is 308. The van der Waals surface area contributed by atoms with Crippen molar-refractivity contribution in [2.45, 2.75) is 27.2 Å². The molecule has 74 valence electrons. The smallest absolute Gasteiger partial charge is 0.873 e. The molecule has 0 aliphatic heterocycles. The van der Waals surface area contributed by atoms with Crippen LogP contribution in [0.25, 0.3) is 0 Å². The molecule has 0 heterocycles. The molecule has 0 saturated carbocycles. The third-order valence-electron chi connectivity index (χ3n) is 2.16. The third kappa shape index (κ3) is 2.16. The van der Waals surface area contributed by atoms with Crippen LogP contribution in [0, 0.1) is 13.8 Å². The summed E-state index contributed by atoms with van der Waals surface area (Å²) in [5, 5.41) is 22.4. The van der Waals surface area contributed by atoms with Gasteiger partial charge >= 0.3 is 16.5 Å². The summed E-state index contributed by atoms with van der Waals surface area (Å²) >= 11 is 0. The molecule has 0 unspecified atom stereocenters. The summed E-state index contributed by atoms with van der Waals surface area (Å²) in [5.74, 6) is -0.698. The predicted octanol–water partition coefficient (Wildman–Crippen LogP) is 1.01. The summed E-state index contributed by atoms with van der Waals surface area (Å²) in [5.41, 5.74) is 2.15. The minimum absolute atomic E-state index is 0. The Balaban J connectivity index is 0.00000144. The van der Waals surface area contributed by atoms with Gasteiger partial charge in [-0.3, -0.25) is 0 Å². The molecule has 3 heteroatoms. The minimum Gasteiger partial charge on any atom is -0.873 e. The van der Waals surface area contributed by atoms with E-state index in [1.54, 1.807) is 19.9 Å². The molecule has 0 radical (unpaired) electrons. The number of hydrogen-bond donors (Lipinski definition) is 0. The van der Waals surface area contributed by atoms with Crippen LogP contribution in [0.4, 0.5) is 0 Å². The van der Waals surface area contributed by atoms with Gasteiger partial charge < -0.3 is 10.2 Å². The van der Waals surface area contributed by atoms with Gasteiger partial charge in [-0.2, -0.15) is 0 Å². The first-order valence-corrected chi connectivity index (χ1v) is 4.05. The molecule has 0 atom stereocenters. The number of hydrogen-bond acceptors (Lipinski definition) is 2. The number of benzene rings is 1. The fourth-order valence-corrected chi connectivity index (χ4v) is 1.30. The van der Waals surface area contributed by atoms with Gasteiger partial charge in [0.1, 0.15) is 0 Å². The second-order valence-electron chi connectivity index (χ2n) is 2.99. The predicted molar refractivity (Wildman–Crippen MR) is 44.2 cm³/mol. The van der Waals surface area contributed by atoms with E-state index in [2.05, 4.69) is 0 Å². The van der Waals surface area contributed by atoms with Gasteiger partial charge in [0, 0.05) is 0 Å². The number of rotatable bonds is 1. The van der Waals surface area contributed by atoms with Gasteiger partial charge in [-0.05, 0) is 25.8 Å². The zero-order valence-corrected chi connectivity index (χ0v) is 8.90. The monoisotopic (exact) mass is 222 g/mol. The summed E-state index contributed by atoms with van der Waals surface area (Å²) in [4.78, 5) is 0. The molecule has 0 N–H and O–H groups in total. The zero-order chi connectivity index (χ0) is 9.30. The molecule has 0 bridgehead atoms. The van der Waals surface area contributed by atoms with Crippen molar-refractivity contribution in [2.24, 2.45) is 0 Å². The second-order valence-corrected chi connectivity index (χ2v) is 2.99. The van der Waals surface area contributed by atoms with Gasteiger partial charge in [0.15, 0.2) is 0 Å². The van der Waals surface area contributed by atoms with Crippen molar-refractivity contribution in [3.63, 3.8) is 0 Å². The van der Waals surface area contributed by atoms with E-state index >= 15 is 0 Å². The van der Waals surface area contributed by atoms with E-state index in [1.807, 2.05) is 6.92 Å². The molecule has 0 aromatic heterocycles. The molecule has 0 amide bonds. The van der Waals surface area contributed by atoms with Crippen LogP contribution in [-0.2, 0) is 22.9 Å². The number of aryl methyl sites for hydroxylation is 2. The Morgan fingerprint density at radius 2 is 1.69 bits per heavy atom. The maximum Gasteiger partial charge on any atom is 2.00 e. The molecule has 0 spiro atoms. The van der Waals surface area contributed by atoms with Crippen LogP contribution in [0.3, 0.4) is 0 Å². The topological polar surface area (TPSA) is 46.1 Å². The molecule has 0 aliphatic rings. The average Bonchev–Trinajstić information content (AvgIpc) is 2.08. The van der Waals surface area contributed by atoms with Crippen molar-refractivity contribution in [3.8, 4) is 11.5 Å². The molecule has 13 heavy (non-hydrogen) atoms. The molecule has 1 aromatic carbocycles. The zero-order valence-electron chi connectivity index (χ0n) is 7.92. The van der Waals surface area contributed by atoms with Crippen LogP contribution < -0.4 is 10.2 Å². The van der Waals surface area contributed by atoms with Gasteiger partial charge in [-0.25, -0.2) is 0 Å². The van der Waals surface area contributed by atoms with Crippen LogP contribution in [-0.4, -0.2) is 0 Å². The van der Waals surface area contributed by atoms with E-state index in [0.29, 0.717) is 11.1 Å². The van der Waals surface area contributed by atoms with Crippen molar-refractivity contribution < 1.29 is 26.7 Å². The molecular weight excluding hydrogens is 211 g/mol. The molecule has 1 aromatic rings. The summed E-state index contributed by atoms with van der Waals surface area (Å²) in [6.07, 6.45) is 0.808. The second kappa shape index (κ2) is 4.52. The van der Waals surface area contributed by atoms with Gasteiger partial charge in [-0.15, -0.1) is 11.5 Å². The van der Waals surface area contributed by atoms with E-state index in [9.17, 15) is 10.2 Å². The molecular formula is C10H12NiO2. The molecule has 1 rings (SSSR count). The van der Waals surface area contributed by atoms with E-state index in [-0.39, 0.29) is 28.0 Å². The Morgan fingerprint density at radius 3 is 2.15 bits per heavy atom. The summed E-state index contributed by atoms with van der Waals surface area (Å²) in [6, 6.07) is 1.80. The van der Waals surface area contributed by atoms with Gasteiger partial charge in [0.25, 0.3) is 0 Å². The largest absolute Gasteiger partial charge is 2.00 e. The summed E-state index contributed by atoms with van der Waals surface area (Å²) in [6.45, 7) is 5.37.